The third-order valence-electron chi connectivity index (χ3n) is 4.67. The quantitative estimate of drug-likeness (QED) is 0.459. The minimum atomic E-state index is -4.52. The maximum Gasteiger partial charge on any atom is 0.416 e. The molecule has 9 nitrogen and oxygen atoms in total. The number of halogens is 3. The molecule has 3 heterocycles. The van der Waals surface area contributed by atoms with Crippen LogP contribution in [-0.2, 0) is 6.18 Å². The number of nitrogen functional groups attached to an aromatic ring is 1. The Kier molecular flexibility index (Phi) is 4.01. The fraction of sp³-hybridized carbons (Fsp3) is 0.222. The number of fused-ring (bicyclic) bond motifs is 1. The second-order valence-electron chi connectivity index (χ2n) is 7.04. The number of hydrogen-bond donors (Lipinski definition) is 3. The molecule has 154 valence electrons. The Labute approximate surface area is 167 Å². The van der Waals surface area contributed by atoms with E-state index in [9.17, 15) is 13.2 Å². The van der Waals surface area contributed by atoms with Crippen LogP contribution in [0.4, 0.5) is 36.2 Å². The Morgan fingerprint density at radius 3 is 2.53 bits per heavy atom. The number of alkyl halides is 3. The SMILES string of the molecule is Nc1cnc2c(NC3CC3)cc(Nc3cc(-n4cnnc4)cc(C(F)(F)F)c3)nn12. The number of benzene rings is 1. The second-order valence-corrected chi connectivity index (χ2v) is 7.04. The van der Waals surface area contributed by atoms with Gasteiger partial charge in [0.15, 0.2) is 11.5 Å². The van der Waals surface area contributed by atoms with Gasteiger partial charge >= 0.3 is 6.18 Å². The summed E-state index contributed by atoms with van der Waals surface area (Å²) >= 11 is 0. The van der Waals surface area contributed by atoms with Gasteiger partial charge < -0.3 is 16.4 Å². The van der Waals surface area contributed by atoms with Gasteiger partial charge in [-0.3, -0.25) is 4.57 Å². The van der Waals surface area contributed by atoms with Crippen molar-refractivity contribution in [3.63, 3.8) is 0 Å². The molecular weight excluding hydrogens is 399 g/mol. The third kappa shape index (κ3) is 3.47. The fourth-order valence-corrected chi connectivity index (χ4v) is 3.08. The molecule has 0 saturated heterocycles. The number of nitrogens with two attached hydrogens (primary N) is 1. The van der Waals surface area contributed by atoms with Crippen molar-refractivity contribution in [2.24, 2.45) is 0 Å². The van der Waals surface area contributed by atoms with Gasteiger partial charge in [0, 0.05) is 17.8 Å². The molecule has 1 aliphatic carbocycles. The molecule has 0 atom stereocenters. The standard InChI is InChI=1S/C18H16F3N9/c19-18(20,21)10-3-12(5-13(4-10)29-8-24-25-9-29)27-16-6-14(26-11-1-2-11)17-23-7-15(22)30(17)28-16/h3-9,11,26H,1-2,22H2,(H,27,28). The Balaban J connectivity index is 1.57. The number of aromatic nitrogens is 6. The van der Waals surface area contributed by atoms with Crippen LogP contribution in [0.3, 0.4) is 0 Å². The van der Waals surface area contributed by atoms with Crippen molar-refractivity contribution < 1.29 is 13.2 Å². The highest BCUT2D eigenvalue weighted by molar-refractivity contribution is 5.74. The number of nitrogens with zero attached hydrogens (tertiary/aromatic N) is 6. The van der Waals surface area contributed by atoms with Crippen molar-refractivity contribution in [3.05, 3.63) is 48.7 Å². The highest BCUT2D eigenvalue weighted by Gasteiger charge is 2.31. The van der Waals surface area contributed by atoms with Crippen molar-refractivity contribution in [3.8, 4) is 5.69 Å². The molecule has 0 amide bonds. The van der Waals surface area contributed by atoms with Crippen LogP contribution in [0.25, 0.3) is 11.3 Å². The second kappa shape index (κ2) is 6.61. The zero-order chi connectivity index (χ0) is 20.9. The van der Waals surface area contributed by atoms with Gasteiger partial charge in [0.1, 0.15) is 18.5 Å². The summed E-state index contributed by atoms with van der Waals surface area (Å²) in [7, 11) is 0. The average Bonchev–Trinajstić information content (AvgIpc) is 3.19. The minimum absolute atomic E-state index is 0.205. The lowest BCUT2D eigenvalue weighted by atomic mass is 10.1. The number of imidazole rings is 1. The van der Waals surface area contributed by atoms with Gasteiger partial charge in [0.2, 0.25) is 0 Å². The van der Waals surface area contributed by atoms with E-state index in [0.29, 0.717) is 29.0 Å². The van der Waals surface area contributed by atoms with Crippen molar-refractivity contribution >= 4 is 28.7 Å². The molecule has 5 rings (SSSR count). The first-order chi connectivity index (χ1) is 14.4. The molecule has 12 heteroatoms. The summed E-state index contributed by atoms with van der Waals surface area (Å²) in [5, 5.41) is 18.0. The van der Waals surface area contributed by atoms with Crippen molar-refractivity contribution in [2.45, 2.75) is 25.1 Å². The maximum atomic E-state index is 13.4. The zero-order valence-electron chi connectivity index (χ0n) is 15.4. The molecule has 3 aromatic heterocycles. The smallest absolute Gasteiger partial charge is 0.382 e. The third-order valence-corrected chi connectivity index (χ3v) is 4.67. The summed E-state index contributed by atoms with van der Waals surface area (Å²) in [6.45, 7) is 0. The molecule has 4 aromatic rings. The Hall–Kier alpha value is -3.83. The Morgan fingerprint density at radius 1 is 1.07 bits per heavy atom. The van der Waals surface area contributed by atoms with Crippen molar-refractivity contribution in [1.29, 1.82) is 0 Å². The lowest BCUT2D eigenvalue weighted by Gasteiger charge is -2.15. The minimum Gasteiger partial charge on any atom is -0.382 e. The molecule has 0 aliphatic heterocycles. The molecule has 0 radical (unpaired) electrons. The van der Waals surface area contributed by atoms with Crippen LogP contribution in [0.2, 0.25) is 0 Å². The summed E-state index contributed by atoms with van der Waals surface area (Å²) in [6.07, 6.45) is 1.71. The highest BCUT2D eigenvalue weighted by atomic mass is 19.4. The summed E-state index contributed by atoms with van der Waals surface area (Å²) in [5.41, 5.74) is 6.86. The van der Waals surface area contributed by atoms with Crippen molar-refractivity contribution in [1.82, 2.24) is 29.4 Å². The van der Waals surface area contributed by atoms with E-state index in [-0.39, 0.29) is 11.4 Å². The van der Waals surface area contributed by atoms with Crippen LogP contribution in [-0.4, -0.2) is 35.4 Å². The number of nitrogens with one attached hydrogen (secondary N) is 2. The van der Waals surface area contributed by atoms with Gasteiger partial charge in [0.05, 0.1) is 23.1 Å². The molecule has 1 aliphatic rings. The number of hydrogen-bond acceptors (Lipinski definition) is 7. The highest BCUT2D eigenvalue weighted by Crippen LogP contribution is 2.34. The van der Waals surface area contributed by atoms with E-state index in [1.165, 1.54) is 27.9 Å². The topological polar surface area (TPSA) is 111 Å². The molecule has 1 saturated carbocycles. The van der Waals surface area contributed by atoms with Gasteiger partial charge in [-0.05, 0) is 31.0 Å². The first kappa shape index (κ1) is 18.2. The van der Waals surface area contributed by atoms with Gasteiger partial charge in [-0.2, -0.15) is 17.7 Å². The largest absolute Gasteiger partial charge is 0.416 e. The van der Waals surface area contributed by atoms with E-state index < -0.39 is 11.7 Å². The molecule has 0 spiro atoms. The van der Waals surface area contributed by atoms with Crippen LogP contribution in [0.5, 0.6) is 0 Å². The van der Waals surface area contributed by atoms with Crippen LogP contribution in [0.1, 0.15) is 18.4 Å². The number of rotatable bonds is 5. The molecule has 1 fully saturated rings. The molecule has 0 bridgehead atoms. The van der Waals surface area contributed by atoms with E-state index in [1.54, 1.807) is 12.1 Å². The average molecular weight is 415 g/mol. The first-order valence-electron chi connectivity index (χ1n) is 9.12. The predicted octanol–water partition coefficient (Wildman–Crippen LogP) is 3.23. The molecule has 4 N–H and O–H groups in total. The van der Waals surface area contributed by atoms with Gasteiger partial charge in [-0.15, -0.1) is 15.3 Å². The predicted molar refractivity (Wildman–Crippen MR) is 104 cm³/mol. The van der Waals surface area contributed by atoms with E-state index in [4.69, 9.17) is 5.73 Å². The van der Waals surface area contributed by atoms with Crippen molar-refractivity contribution in [2.75, 3.05) is 16.4 Å². The molecule has 30 heavy (non-hydrogen) atoms. The molecule has 0 unspecified atom stereocenters. The van der Waals surface area contributed by atoms with Crippen LogP contribution < -0.4 is 16.4 Å². The normalized spacial score (nSPS) is 14.2. The van der Waals surface area contributed by atoms with Crippen LogP contribution in [0.15, 0.2) is 43.1 Å². The Morgan fingerprint density at radius 2 is 1.83 bits per heavy atom. The monoisotopic (exact) mass is 415 g/mol. The summed E-state index contributed by atoms with van der Waals surface area (Å²) in [6, 6.07) is 5.65. The van der Waals surface area contributed by atoms with Crippen LogP contribution >= 0.6 is 0 Å². The summed E-state index contributed by atoms with van der Waals surface area (Å²) in [5.74, 6) is 0.645. The lowest BCUT2D eigenvalue weighted by Crippen LogP contribution is -2.10. The maximum absolute atomic E-state index is 13.4. The van der Waals surface area contributed by atoms with Gasteiger partial charge in [0.25, 0.3) is 0 Å². The van der Waals surface area contributed by atoms with Gasteiger partial charge in [-0.25, -0.2) is 4.98 Å². The van der Waals surface area contributed by atoms with E-state index in [1.807, 2.05) is 0 Å². The lowest BCUT2D eigenvalue weighted by molar-refractivity contribution is -0.137. The summed E-state index contributed by atoms with van der Waals surface area (Å²) in [4.78, 5) is 4.26. The molecule has 1 aromatic carbocycles. The first-order valence-corrected chi connectivity index (χ1v) is 9.12. The fourth-order valence-electron chi connectivity index (χ4n) is 3.08. The van der Waals surface area contributed by atoms with Crippen LogP contribution in [0, 0.1) is 0 Å². The van der Waals surface area contributed by atoms with E-state index >= 15 is 0 Å². The van der Waals surface area contributed by atoms with E-state index in [0.717, 1.165) is 25.0 Å². The van der Waals surface area contributed by atoms with Gasteiger partial charge in [-0.1, -0.05) is 0 Å². The Bertz CT molecular complexity index is 1210. The molecular formula is C18H16F3N9. The van der Waals surface area contributed by atoms with E-state index in [2.05, 4.69) is 30.9 Å². The number of anilines is 4. The summed E-state index contributed by atoms with van der Waals surface area (Å²) < 4.78 is 43.2. The zero-order valence-corrected chi connectivity index (χ0v) is 15.4.